The van der Waals surface area contributed by atoms with E-state index in [1.807, 2.05) is 30.3 Å². The summed E-state index contributed by atoms with van der Waals surface area (Å²) in [4.78, 5) is 0. The van der Waals surface area contributed by atoms with Crippen LogP contribution in [0.2, 0.25) is 0 Å². The fourth-order valence-electron chi connectivity index (χ4n) is 2.42. The van der Waals surface area contributed by atoms with Crippen LogP contribution < -0.4 is 13.8 Å². The summed E-state index contributed by atoms with van der Waals surface area (Å²) in [5.41, 5.74) is 1.58. The quantitative estimate of drug-likeness (QED) is 0.843. The maximum Gasteiger partial charge on any atom is 0.235 e. The standard InChI is InChI=1S/C17H19NO4S/c1-18(15-7-8-16-17(13-15)22-11-10-21-16)23(19,20)12-9-14-5-3-2-4-6-14/h2-8,13H,9-12H2,1H3. The molecule has 1 aliphatic heterocycles. The number of anilines is 1. The van der Waals surface area contributed by atoms with Gasteiger partial charge in [0, 0.05) is 13.1 Å². The molecule has 5 nitrogen and oxygen atoms in total. The molecule has 0 bridgehead atoms. The molecule has 0 saturated carbocycles. The number of benzene rings is 2. The van der Waals surface area contributed by atoms with Gasteiger partial charge in [0.15, 0.2) is 11.5 Å². The first-order valence-electron chi connectivity index (χ1n) is 7.46. The highest BCUT2D eigenvalue weighted by Crippen LogP contribution is 2.34. The molecule has 0 atom stereocenters. The highest BCUT2D eigenvalue weighted by Gasteiger charge is 2.21. The molecular formula is C17H19NO4S. The van der Waals surface area contributed by atoms with Gasteiger partial charge in [-0.2, -0.15) is 0 Å². The summed E-state index contributed by atoms with van der Waals surface area (Å²) in [6, 6.07) is 14.8. The molecule has 0 unspecified atom stereocenters. The molecule has 0 N–H and O–H groups in total. The lowest BCUT2D eigenvalue weighted by Crippen LogP contribution is -2.30. The van der Waals surface area contributed by atoms with Crippen molar-refractivity contribution in [3.8, 4) is 11.5 Å². The lowest BCUT2D eigenvalue weighted by atomic mass is 10.2. The van der Waals surface area contributed by atoms with Crippen molar-refractivity contribution in [1.82, 2.24) is 0 Å². The number of ether oxygens (including phenoxy) is 2. The van der Waals surface area contributed by atoms with Gasteiger partial charge in [0.25, 0.3) is 0 Å². The van der Waals surface area contributed by atoms with Gasteiger partial charge in [-0.3, -0.25) is 4.31 Å². The molecule has 2 aromatic carbocycles. The van der Waals surface area contributed by atoms with Gasteiger partial charge in [-0.25, -0.2) is 8.42 Å². The second kappa shape index (κ2) is 6.50. The number of nitrogens with zero attached hydrogens (tertiary/aromatic N) is 1. The zero-order chi connectivity index (χ0) is 16.3. The van der Waals surface area contributed by atoms with Crippen molar-refractivity contribution in [1.29, 1.82) is 0 Å². The van der Waals surface area contributed by atoms with Gasteiger partial charge in [0.2, 0.25) is 10.0 Å². The first-order chi connectivity index (χ1) is 11.1. The normalized spacial score (nSPS) is 13.6. The van der Waals surface area contributed by atoms with Gasteiger partial charge < -0.3 is 9.47 Å². The summed E-state index contributed by atoms with van der Waals surface area (Å²) in [7, 11) is -1.84. The molecule has 1 heterocycles. The Morgan fingerprint density at radius 1 is 1.00 bits per heavy atom. The monoisotopic (exact) mass is 333 g/mol. The minimum Gasteiger partial charge on any atom is -0.486 e. The van der Waals surface area contributed by atoms with Crippen molar-refractivity contribution in [3.63, 3.8) is 0 Å². The van der Waals surface area contributed by atoms with Crippen LogP contribution in [0.5, 0.6) is 11.5 Å². The molecule has 0 aliphatic carbocycles. The van der Waals surface area contributed by atoms with E-state index >= 15 is 0 Å². The van der Waals surface area contributed by atoms with Crippen LogP contribution >= 0.6 is 0 Å². The van der Waals surface area contributed by atoms with Gasteiger partial charge in [-0.05, 0) is 24.1 Å². The average molecular weight is 333 g/mol. The van der Waals surface area contributed by atoms with Gasteiger partial charge in [-0.1, -0.05) is 30.3 Å². The van der Waals surface area contributed by atoms with Gasteiger partial charge in [0.1, 0.15) is 13.2 Å². The third kappa shape index (κ3) is 3.59. The van der Waals surface area contributed by atoms with Crippen molar-refractivity contribution < 1.29 is 17.9 Å². The Balaban J connectivity index is 1.74. The Bertz CT molecular complexity index is 774. The molecule has 0 saturated heterocycles. The highest BCUT2D eigenvalue weighted by atomic mass is 32.2. The molecular weight excluding hydrogens is 314 g/mol. The maximum absolute atomic E-state index is 12.5. The van der Waals surface area contributed by atoms with Crippen molar-refractivity contribution in [2.45, 2.75) is 6.42 Å². The summed E-state index contributed by atoms with van der Waals surface area (Å²) < 4.78 is 37.3. The lowest BCUT2D eigenvalue weighted by molar-refractivity contribution is 0.171. The number of fused-ring (bicyclic) bond motifs is 1. The fourth-order valence-corrected chi connectivity index (χ4v) is 3.62. The van der Waals surface area contributed by atoms with E-state index in [-0.39, 0.29) is 5.75 Å². The van der Waals surface area contributed by atoms with E-state index in [1.165, 1.54) is 4.31 Å². The van der Waals surface area contributed by atoms with Crippen LogP contribution in [0.3, 0.4) is 0 Å². The van der Waals surface area contributed by atoms with Gasteiger partial charge in [0.05, 0.1) is 11.4 Å². The number of sulfonamides is 1. The van der Waals surface area contributed by atoms with E-state index in [2.05, 4.69) is 0 Å². The van der Waals surface area contributed by atoms with E-state index in [4.69, 9.17) is 9.47 Å². The van der Waals surface area contributed by atoms with Crippen LogP contribution in [-0.2, 0) is 16.4 Å². The topological polar surface area (TPSA) is 55.8 Å². The third-order valence-electron chi connectivity index (χ3n) is 3.80. The van der Waals surface area contributed by atoms with Crippen molar-refractivity contribution in [2.24, 2.45) is 0 Å². The van der Waals surface area contributed by atoms with Crippen LogP contribution in [0.15, 0.2) is 48.5 Å². The van der Waals surface area contributed by atoms with Crippen LogP contribution in [0.4, 0.5) is 5.69 Å². The number of hydrogen-bond acceptors (Lipinski definition) is 4. The maximum atomic E-state index is 12.5. The van der Waals surface area contributed by atoms with E-state index in [0.29, 0.717) is 36.8 Å². The van der Waals surface area contributed by atoms with Crippen molar-refractivity contribution in [3.05, 3.63) is 54.1 Å². The number of hydrogen-bond donors (Lipinski definition) is 0. The molecule has 122 valence electrons. The minimum absolute atomic E-state index is 0.0575. The summed E-state index contributed by atoms with van der Waals surface area (Å²) >= 11 is 0. The molecule has 2 aromatic rings. The van der Waals surface area contributed by atoms with Crippen LogP contribution in [0, 0.1) is 0 Å². The molecule has 6 heteroatoms. The molecule has 23 heavy (non-hydrogen) atoms. The Labute approximate surface area is 136 Å². The molecule has 0 aromatic heterocycles. The zero-order valence-corrected chi connectivity index (χ0v) is 13.8. The minimum atomic E-state index is -3.40. The number of aryl methyl sites for hydroxylation is 1. The van der Waals surface area contributed by atoms with E-state index in [1.54, 1.807) is 25.2 Å². The Kier molecular flexibility index (Phi) is 4.43. The van der Waals surface area contributed by atoms with Crippen LogP contribution in [0.25, 0.3) is 0 Å². The second-order valence-corrected chi connectivity index (χ2v) is 7.47. The predicted octanol–water partition coefficient (Wildman–Crippen LogP) is 2.47. The fraction of sp³-hybridized carbons (Fsp3) is 0.294. The van der Waals surface area contributed by atoms with E-state index < -0.39 is 10.0 Å². The molecule has 0 fully saturated rings. The van der Waals surface area contributed by atoms with Gasteiger partial charge >= 0.3 is 0 Å². The second-order valence-electron chi connectivity index (χ2n) is 5.35. The Morgan fingerprint density at radius 2 is 1.70 bits per heavy atom. The number of rotatable bonds is 5. The van der Waals surface area contributed by atoms with Crippen LogP contribution in [0.1, 0.15) is 5.56 Å². The zero-order valence-electron chi connectivity index (χ0n) is 12.9. The summed E-state index contributed by atoms with van der Waals surface area (Å²) in [6.07, 6.45) is 0.484. The van der Waals surface area contributed by atoms with Crippen molar-refractivity contribution in [2.75, 3.05) is 30.3 Å². The van der Waals surface area contributed by atoms with Crippen LogP contribution in [-0.4, -0.2) is 34.4 Å². The third-order valence-corrected chi connectivity index (χ3v) is 5.56. The van der Waals surface area contributed by atoms with Gasteiger partial charge in [-0.15, -0.1) is 0 Å². The highest BCUT2D eigenvalue weighted by molar-refractivity contribution is 7.92. The first kappa shape index (κ1) is 15.7. The first-order valence-corrected chi connectivity index (χ1v) is 9.07. The smallest absolute Gasteiger partial charge is 0.235 e. The van der Waals surface area contributed by atoms with E-state index in [0.717, 1.165) is 5.56 Å². The van der Waals surface area contributed by atoms with Crippen molar-refractivity contribution >= 4 is 15.7 Å². The largest absolute Gasteiger partial charge is 0.486 e. The molecule has 1 aliphatic rings. The SMILES string of the molecule is CN(c1ccc2c(c1)OCCO2)S(=O)(=O)CCc1ccccc1. The van der Waals surface area contributed by atoms with E-state index in [9.17, 15) is 8.42 Å². The average Bonchev–Trinajstić information content (AvgIpc) is 2.60. The Hall–Kier alpha value is -2.21. The summed E-state index contributed by atoms with van der Waals surface area (Å²) in [5, 5.41) is 0. The molecule has 0 radical (unpaired) electrons. The molecule has 3 rings (SSSR count). The molecule has 0 amide bonds. The lowest BCUT2D eigenvalue weighted by Gasteiger charge is -2.23. The summed E-state index contributed by atoms with van der Waals surface area (Å²) in [6.45, 7) is 0.985. The molecule has 0 spiro atoms. The Morgan fingerprint density at radius 3 is 2.43 bits per heavy atom. The summed E-state index contributed by atoms with van der Waals surface area (Å²) in [5.74, 6) is 1.29. The predicted molar refractivity (Wildman–Crippen MR) is 89.8 cm³/mol.